The lowest BCUT2D eigenvalue weighted by molar-refractivity contribution is -0.113. The first kappa shape index (κ1) is 18.9. The number of primary sulfonamides is 1. The van der Waals surface area contributed by atoms with Gasteiger partial charge in [0.15, 0.2) is 0 Å². The summed E-state index contributed by atoms with van der Waals surface area (Å²) in [6, 6.07) is 5.82. The molecule has 0 spiro atoms. The molecule has 1 aromatic heterocycles. The standard InChI is InChI=1S/C16H21N5O3S2/c17-26(23,24)13-7-3-6-12(9-13)18-15(22)10-25-16-19-14(20-21-16)8-11-4-1-2-5-11/h3,6-7,9,11H,1-2,4-5,8,10H2,(H,18,22)(H2,17,23,24)(H,19,20,21). The first-order chi connectivity index (χ1) is 12.4. The number of nitrogens with two attached hydrogens (primary N) is 1. The lowest BCUT2D eigenvalue weighted by Gasteiger charge is -2.06. The molecule has 1 fully saturated rings. The Morgan fingerprint density at radius 1 is 1.35 bits per heavy atom. The van der Waals surface area contributed by atoms with Crippen LogP contribution in [0.4, 0.5) is 5.69 Å². The van der Waals surface area contributed by atoms with Gasteiger partial charge < -0.3 is 5.32 Å². The third-order valence-corrected chi connectivity index (χ3v) is 6.00. The fraction of sp³-hybridized carbons (Fsp3) is 0.438. The van der Waals surface area contributed by atoms with Crippen molar-refractivity contribution in [3.8, 4) is 0 Å². The highest BCUT2D eigenvalue weighted by molar-refractivity contribution is 7.99. The van der Waals surface area contributed by atoms with Crippen LogP contribution in [0.15, 0.2) is 34.3 Å². The number of nitrogens with one attached hydrogen (secondary N) is 2. The molecule has 1 heterocycles. The predicted molar refractivity (Wildman–Crippen MR) is 99.2 cm³/mol. The van der Waals surface area contributed by atoms with Gasteiger partial charge in [-0.15, -0.1) is 5.10 Å². The van der Waals surface area contributed by atoms with Gasteiger partial charge in [0.1, 0.15) is 5.82 Å². The molecule has 0 atom stereocenters. The molecule has 1 saturated carbocycles. The number of amides is 1. The lowest BCUT2D eigenvalue weighted by Crippen LogP contribution is -2.16. The summed E-state index contributed by atoms with van der Waals surface area (Å²) in [4.78, 5) is 16.4. The number of hydrogen-bond acceptors (Lipinski definition) is 6. The maximum absolute atomic E-state index is 12.1. The summed E-state index contributed by atoms with van der Waals surface area (Å²) in [7, 11) is -3.80. The summed E-state index contributed by atoms with van der Waals surface area (Å²) in [5.41, 5.74) is 0.374. The Labute approximate surface area is 156 Å². The number of aromatic nitrogens is 3. The van der Waals surface area contributed by atoms with Crippen molar-refractivity contribution in [2.45, 2.75) is 42.2 Å². The lowest BCUT2D eigenvalue weighted by atomic mass is 10.0. The van der Waals surface area contributed by atoms with E-state index in [0.717, 1.165) is 12.2 Å². The van der Waals surface area contributed by atoms with Gasteiger partial charge in [-0.05, 0) is 24.1 Å². The minimum Gasteiger partial charge on any atom is -0.325 e. The first-order valence-corrected chi connectivity index (χ1v) is 10.9. The molecule has 10 heteroatoms. The molecule has 1 aliphatic carbocycles. The number of thioether (sulfide) groups is 1. The van der Waals surface area contributed by atoms with Gasteiger partial charge in [0.25, 0.3) is 0 Å². The van der Waals surface area contributed by atoms with Crippen molar-refractivity contribution < 1.29 is 13.2 Å². The number of carbonyl (C=O) groups is 1. The van der Waals surface area contributed by atoms with Crippen LogP contribution in [0.3, 0.4) is 0 Å². The van der Waals surface area contributed by atoms with Crippen LogP contribution in [0.25, 0.3) is 0 Å². The van der Waals surface area contributed by atoms with Crippen LogP contribution in [-0.2, 0) is 21.2 Å². The fourth-order valence-electron chi connectivity index (χ4n) is 3.00. The third kappa shape index (κ3) is 5.29. The van der Waals surface area contributed by atoms with Gasteiger partial charge in [-0.25, -0.2) is 18.5 Å². The average molecular weight is 396 g/mol. The molecular weight excluding hydrogens is 374 g/mol. The molecule has 0 aliphatic heterocycles. The summed E-state index contributed by atoms with van der Waals surface area (Å²) < 4.78 is 22.7. The van der Waals surface area contributed by atoms with E-state index in [2.05, 4.69) is 20.5 Å². The van der Waals surface area contributed by atoms with Gasteiger partial charge >= 0.3 is 0 Å². The topological polar surface area (TPSA) is 131 Å². The molecule has 1 aromatic carbocycles. The number of benzene rings is 1. The Morgan fingerprint density at radius 2 is 2.12 bits per heavy atom. The highest BCUT2D eigenvalue weighted by Gasteiger charge is 2.17. The number of H-pyrrole nitrogens is 1. The molecule has 26 heavy (non-hydrogen) atoms. The molecule has 8 nitrogen and oxygen atoms in total. The zero-order valence-corrected chi connectivity index (χ0v) is 15.8. The molecule has 0 saturated heterocycles. The molecule has 3 rings (SSSR count). The van der Waals surface area contributed by atoms with Crippen molar-refractivity contribution in [3.05, 3.63) is 30.1 Å². The quantitative estimate of drug-likeness (QED) is 0.614. The minimum absolute atomic E-state index is 0.0477. The second-order valence-corrected chi connectivity index (χ2v) is 8.83. The van der Waals surface area contributed by atoms with Crippen molar-refractivity contribution in [3.63, 3.8) is 0 Å². The maximum Gasteiger partial charge on any atom is 0.238 e. The molecule has 1 aliphatic rings. The molecule has 2 aromatic rings. The zero-order chi connectivity index (χ0) is 18.6. The molecule has 1 amide bonds. The van der Waals surface area contributed by atoms with Crippen LogP contribution in [0, 0.1) is 5.92 Å². The largest absolute Gasteiger partial charge is 0.325 e. The van der Waals surface area contributed by atoms with Gasteiger partial charge in [0.2, 0.25) is 21.1 Å². The Hall–Kier alpha value is -1.91. The van der Waals surface area contributed by atoms with Crippen LogP contribution in [0.2, 0.25) is 0 Å². The summed E-state index contributed by atoms with van der Waals surface area (Å²) in [6.07, 6.45) is 5.95. The third-order valence-electron chi connectivity index (χ3n) is 4.25. The molecule has 0 bridgehead atoms. The van der Waals surface area contributed by atoms with E-state index in [1.165, 1.54) is 55.6 Å². The second-order valence-electron chi connectivity index (χ2n) is 6.33. The summed E-state index contributed by atoms with van der Waals surface area (Å²) >= 11 is 1.23. The van der Waals surface area contributed by atoms with E-state index >= 15 is 0 Å². The predicted octanol–water partition coefficient (Wildman–Crippen LogP) is 1.92. The molecule has 0 radical (unpaired) electrons. The smallest absolute Gasteiger partial charge is 0.238 e. The van der Waals surface area contributed by atoms with E-state index in [-0.39, 0.29) is 16.6 Å². The fourth-order valence-corrected chi connectivity index (χ4v) is 4.18. The van der Waals surface area contributed by atoms with E-state index < -0.39 is 10.0 Å². The zero-order valence-electron chi connectivity index (χ0n) is 14.1. The Kier molecular flexibility index (Phi) is 5.94. The van der Waals surface area contributed by atoms with Crippen molar-refractivity contribution in [2.24, 2.45) is 11.1 Å². The number of hydrogen-bond donors (Lipinski definition) is 3. The van der Waals surface area contributed by atoms with Crippen LogP contribution in [0.1, 0.15) is 31.5 Å². The number of anilines is 1. The van der Waals surface area contributed by atoms with Crippen molar-refractivity contribution in [1.82, 2.24) is 15.2 Å². The number of sulfonamides is 1. The molecular formula is C16H21N5O3S2. The van der Waals surface area contributed by atoms with Crippen LogP contribution >= 0.6 is 11.8 Å². The highest BCUT2D eigenvalue weighted by atomic mass is 32.2. The first-order valence-electron chi connectivity index (χ1n) is 8.37. The van der Waals surface area contributed by atoms with E-state index in [1.807, 2.05) is 0 Å². The van der Waals surface area contributed by atoms with E-state index in [0.29, 0.717) is 16.8 Å². The number of nitrogens with zero attached hydrogens (tertiary/aromatic N) is 2. The van der Waals surface area contributed by atoms with Gasteiger partial charge in [0.05, 0.1) is 10.6 Å². The highest BCUT2D eigenvalue weighted by Crippen LogP contribution is 2.27. The molecule has 0 unspecified atom stereocenters. The van der Waals surface area contributed by atoms with Crippen LogP contribution in [-0.4, -0.2) is 35.3 Å². The summed E-state index contributed by atoms with van der Waals surface area (Å²) in [5, 5.41) is 15.3. The average Bonchev–Trinajstić information content (AvgIpc) is 3.25. The second kappa shape index (κ2) is 8.19. The Morgan fingerprint density at radius 3 is 2.85 bits per heavy atom. The SMILES string of the molecule is NS(=O)(=O)c1cccc(NC(=O)CSc2n[nH]c(CC3CCCC3)n2)c1. The molecule has 4 N–H and O–H groups in total. The number of carbonyl (C=O) groups excluding carboxylic acids is 1. The summed E-state index contributed by atoms with van der Waals surface area (Å²) in [5.74, 6) is 1.39. The monoisotopic (exact) mass is 395 g/mol. The van der Waals surface area contributed by atoms with Crippen molar-refractivity contribution in [2.75, 3.05) is 11.1 Å². The normalized spacial score (nSPS) is 15.3. The maximum atomic E-state index is 12.1. The van der Waals surface area contributed by atoms with Crippen molar-refractivity contribution in [1.29, 1.82) is 0 Å². The van der Waals surface area contributed by atoms with Crippen molar-refractivity contribution >= 4 is 33.4 Å². The number of rotatable bonds is 7. The van der Waals surface area contributed by atoms with E-state index in [1.54, 1.807) is 6.07 Å². The van der Waals surface area contributed by atoms with Crippen LogP contribution in [0.5, 0.6) is 0 Å². The van der Waals surface area contributed by atoms with Gasteiger partial charge in [0, 0.05) is 12.1 Å². The van der Waals surface area contributed by atoms with Gasteiger partial charge in [-0.3, -0.25) is 9.89 Å². The Balaban J connectivity index is 1.50. The van der Waals surface area contributed by atoms with Gasteiger partial charge in [-0.1, -0.05) is 43.5 Å². The summed E-state index contributed by atoms with van der Waals surface area (Å²) in [6.45, 7) is 0. The van der Waals surface area contributed by atoms with E-state index in [9.17, 15) is 13.2 Å². The van der Waals surface area contributed by atoms with Crippen LogP contribution < -0.4 is 10.5 Å². The Bertz CT molecular complexity index is 876. The van der Waals surface area contributed by atoms with E-state index in [4.69, 9.17) is 5.14 Å². The molecule has 140 valence electrons. The van der Waals surface area contributed by atoms with Gasteiger partial charge in [-0.2, -0.15) is 0 Å². The minimum atomic E-state index is -3.80. The number of aromatic amines is 1.